The number of hydrogen-bond acceptors (Lipinski definition) is 7. The Hall–Kier alpha value is -2.48. The monoisotopic (exact) mass is 334 g/mol. The second-order valence-corrected chi connectivity index (χ2v) is 5.22. The van der Waals surface area contributed by atoms with Crippen molar-refractivity contribution in [1.29, 1.82) is 0 Å². The molecule has 2 aromatic rings. The summed E-state index contributed by atoms with van der Waals surface area (Å²) in [5.74, 6) is 1.01. The van der Waals surface area contributed by atoms with Crippen molar-refractivity contribution < 1.29 is 9.50 Å². The zero-order valence-electron chi connectivity index (χ0n) is 13.7. The zero-order chi connectivity index (χ0) is 17.2. The molecule has 2 rings (SSSR count). The van der Waals surface area contributed by atoms with E-state index >= 15 is 0 Å². The number of hydrogen-bond donors (Lipinski definition) is 4. The third-order valence-electron chi connectivity index (χ3n) is 3.21. The molecule has 8 heteroatoms. The molecule has 0 saturated heterocycles. The highest BCUT2D eigenvalue weighted by Gasteiger charge is 2.06. The molecule has 1 aromatic carbocycles. The summed E-state index contributed by atoms with van der Waals surface area (Å²) in [4.78, 5) is 12.9. The van der Waals surface area contributed by atoms with E-state index < -0.39 is 0 Å². The normalized spacial score (nSPS) is 10.5. The van der Waals surface area contributed by atoms with Crippen LogP contribution in [0.15, 0.2) is 24.3 Å². The second-order valence-electron chi connectivity index (χ2n) is 5.22. The van der Waals surface area contributed by atoms with E-state index in [1.807, 2.05) is 0 Å². The first-order valence-corrected chi connectivity index (χ1v) is 8.04. The number of nitrogens with one attached hydrogen (secondary N) is 3. The summed E-state index contributed by atoms with van der Waals surface area (Å²) >= 11 is 0. The van der Waals surface area contributed by atoms with Crippen molar-refractivity contribution in [3.8, 4) is 0 Å². The summed E-state index contributed by atoms with van der Waals surface area (Å²) in [7, 11) is 0. The van der Waals surface area contributed by atoms with Crippen molar-refractivity contribution >= 4 is 17.8 Å². The minimum atomic E-state index is -0.267. The Balaban J connectivity index is 2.04. The van der Waals surface area contributed by atoms with Crippen molar-refractivity contribution in [3.05, 3.63) is 35.6 Å². The molecule has 1 heterocycles. The predicted octanol–water partition coefficient (Wildman–Crippen LogP) is 2.24. The van der Waals surface area contributed by atoms with Gasteiger partial charge in [0.15, 0.2) is 0 Å². The van der Waals surface area contributed by atoms with E-state index in [4.69, 9.17) is 5.11 Å². The van der Waals surface area contributed by atoms with Crippen LogP contribution < -0.4 is 16.0 Å². The Bertz CT molecular complexity index is 622. The largest absolute Gasteiger partial charge is 0.395 e. The molecule has 0 bridgehead atoms. The molecular weight excluding hydrogens is 311 g/mol. The Labute approximate surface area is 140 Å². The SMILES string of the molecule is CCCCNc1nc(NCCO)nc(NCc2ccc(F)cc2)n1. The van der Waals surface area contributed by atoms with E-state index in [1.54, 1.807) is 12.1 Å². The molecule has 4 N–H and O–H groups in total. The Kier molecular flexibility index (Phi) is 7.16. The number of aliphatic hydroxyl groups excluding tert-OH is 1. The first kappa shape index (κ1) is 17.9. The number of aliphatic hydroxyl groups is 1. The van der Waals surface area contributed by atoms with Crippen LogP contribution in [0, 0.1) is 5.82 Å². The lowest BCUT2D eigenvalue weighted by atomic mass is 10.2. The average molecular weight is 334 g/mol. The molecule has 0 atom stereocenters. The fourth-order valence-electron chi connectivity index (χ4n) is 1.94. The molecule has 0 fully saturated rings. The van der Waals surface area contributed by atoms with Crippen molar-refractivity contribution in [2.75, 3.05) is 35.6 Å². The van der Waals surface area contributed by atoms with Crippen LogP contribution in [0.5, 0.6) is 0 Å². The van der Waals surface area contributed by atoms with Crippen LogP contribution in [-0.2, 0) is 6.54 Å². The highest BCUT2D eigenvalue weighted by Crippen LogP contribution is 2.11. The summed E-state index contributed by atoms with van der Waals surface area (Å²) in [5, 5.41) is 18.1. The van der Waals surface area contributed by atoms with Crippen molar-refractivity contribution in [1.82, 2.24) is 15.0 Å². The van der Waals surface area contributed by atoms with Crippen LogP contribution in [-0.4, -0.2) is 39.8 Å². The van der Waals surface area contributed by atoms with Crippen LogP contribution in [0.1, 0.15) is 25.3 Å². The van der Waals surface area contributed by atoms with Crippen LogP contribution >= 0.6 is 0 Å². The first-order valence-electron chi connectivity index (χ1n) is 8.04. The van der Waals surface area contributed by atoms with Gasteiger partial charge in [0, 0.05) is 19.6 Å². The molecule has 0 amide bonds. The van der Waals surface area contributed by atoms with Crippen molar-refractivity contribution in [2.45, 2.75) is 26.3 Å². The molecule has 0 unspecified atom stereocenters. The maximum atomic E-state index is 12.9. The van der Waals surface area contributed by atoms with Crippen LogP contribution in [0.25, 0.3) is 0 Å². The topological polar surface area (TPSA) is 95.0 Å². The number of halogens is 1. The van der Waals surface area contributed by atoms with Crippen molar-refractivity contribution in [2.24, 2.45) is 0 Å². The van der Waals surface area contributed by atoms with Crippen LogP contribution in [0.4, 0.5) is 22.2 Å². The van der Waals surface area contributed by atoms with Gasteiger partial charge in [-0.05, 0) is 24.1 Å². The third-order valence-corrected chi connectivity index (χ3v) is 3.21. The van der Waals surface area contributed by atoms with E-state index in [-0.39, 0.29) is 12.4 Å². The number of rotatable bonds is 10. The molecule has 0 aliphatic heterocycles. The summed E-state index contributed by atoms with van der Waals surface area (Å²) in [6, 6.07) is 6.23. The predicted molar refractivity (Wildman–Crippen MR) is 92.5 cm³/mol. The molecule has 24 heavy (non-hydrogen) atoms. The van der Waals surface area contributed by atoms with Gasteiger partial charge in [-0.3, -0.25) is 0 Å². The van der Waals surface area contributed by atoms with Gasteiger partial charge in [-0.1, -0.05) is 25.5 Å². The number of nitrogens with zero attached hydrogens (tertiary/aromatic N) is 3. The third kappa shape index (κ3) is 5.96. The minimum absolute atomic E-state index is 0.0113. The number of aromatic nitrogens is 3. The maximum absolute atomic E-state index is 12.9. The second kappa shape index (κ2) is 9.61. The Morgan fingerprint density at radius 3 is 2.08 bits per heavy atom. The van der Waals surface area contributed by atoms with Gasteiger partial charge in [0.25, 0.3) is 0 Å². The van der Waals surface area contributed by atoms with Gasteiger partial charge >= 0.3 is 0 Å². The maximum Gasteiger partial charge on any atom is 0.229 e. The highest BCUT2D eigenvalue weighted by molar-refractivity contribution is 5.42. The van der Waals surface area contributed by atoms with Gasteiger partial charge in [-0.2, -0.15) is 15.0 Å². The Morgan fingerprint density at radius 1 is 0.917 bits per heavy atom. The van der Waals surface area contributed by atoms with E-state index in [0.29, 0.717) is 30.9 Å². The number of anilines is 3. The summed E-state index contributed by atoms with van der Waals surface area (Å²) in [5.41, 5.74) is 0.919. The quantitative estimate of drug-likeness (QED) is 0.495. The molecule has 0 aliphatic carbocycles. The summed E-state index contributed by atoms with van der Waals surface area (Å²) in [6.45, 7) is 3.70. The zero-order valence-corrected chi connectivity index (χ0v) is 13.7. The lowest BCUT2D eigenvalue weighted by Gasteiger charge is -2.11. The molecule has 0 aliphatic rings. The van der Waals surface area contributed by atoms with Crippen LogP contribution in [0.2, 0.25) is 0 Å². The van der Waals surface area contributed by atoms with E-state index in [1.165, 1.54) is 12.1 Å². The van der Waals surface area contributed by atoms with Gasteiger partial charge in [-0.15, -0.1) is 0 Å². The first-order chi connectivity index (χ1) is 11.7. The summed E-state index contributed by atoms with van der Waals surface area (Å²) < 4.78 is 12.9. The lowest BCUT2D eigenvalue weighted by molar-refractivity contribution is 0.311. The van der Waals surface area contributed by atoms with Crippen LogP contribution in [0.3, 0.4) is 0 Å². The van der Waals surface area contributed by atoms with Gasteiger partial charge in [0.2, 0.25) is 17.8 Å². The fourth-order valence-corrected chi connectivity index (χ4v) is 1.94. The highest BCUT2D eigenvalue weighted by atomic mass is 19.1. The number of unbranched alkanes of at least 4 members (excludes halogenated alkanes) is 1. The smallest absolute Gasteiger partial charge is 0.229 e. The molecular formula is C16H23FN6O. The molecule has 0 radical (unpaired) electrons. The van der Waals surface area contributed by atoms with Crippen molar-refractivity contribution in [3.63, 3.8) is 0 Å². The van der Waals surface area contributed by atoms with E-state index in [9.17, 15) is 4.39 Å². The van der Waals surface area contributed by atoms with E-state index in [0.717, 1.165) is 24.9 Å². The standard InChI is InChI=1S/C16H23FN6O/c1-2-3-8-18-14-21-15(19-9-10-24)23-16(22-14)20-11-12-4-6-13(17)7-5-12/h4-7,24H,2-3,8-11H2,1H3,(H3,18,19,20,21,22,23). The van der Waals surface area contributed by atoms with E-state index in [2.05, 4.69) is 37.8 Å². The average Bonchev–Trinajstić information content (AvgIpc) is 2.60. The molecule has 0 saturated carbocycles. The fraction of sp³-hybridized carbons (Fsp3) is 0.438. The minimum Gasteiger partial charge on any atom is -0.395 e. The summed E-state index contributed by atoms with van der Waals surface area (Å²) in [6.07, 6.45) is 2.09. The van der Waals surface area contributed by atoms with Gasteiger partial charge in [-0.25, -0.2) is 4.39 Å². The number of benzene rings is 1. The van der Waals surface area contributed by atoms with Gasteiger partial charge < -0.3 is 21.1 Å². The molecule has 7 nitrogen and oxygen atoms in total. The van der Waals surface area contributed by atoms with Gasteiger partial charge in [0.05, 0.1) is 6.61 Å². The van der Waals surface area contributed by atoms with Gasteiger partial charge in [0.1, 0.15) is 5.82 Å². The molecule has 0 spiro atoms. The molecule has 1 aromatic heterocycles. The Morgan fingerprint density at radius 2 is 1.50 bits per heavy atom. The molecule has 130 valence electrons. The lowest BCUT2D eigenvalue weighted by Crippen LogP contribution is -2.14.